The highest BCUT2D eigenvalue weighted by Crippen LogP contribution is 2.43. The Labute approximate surface area is 254 Å². The minimum Gasteiger partial charge on any atom is -0.376 e. The number of imidazole rings is 1. The largest absolute Gasteiger partial charge is 0.376 e. The molecule has 0 bridgehead atoms. The fourth-order valence-electron chi connectivity index (χ4n) is 6.71. The molecule has 0 radical (unpaired) electrons. The Kier molecular flexibility index (Phi) is 7.73. The number of hydrogen-bond acceptors (Lipinski definition) is 2. The van der Waals surface area contributed by atoms with E-state index >= 15 is 0 Å². The van der Waals surface area contributed by atoms with Crippen LogP contribution in [0.3, 0.4) is 0 Å². The standard InChI is InChI=1S/C40H36N2O/c1-5-13-33(14-6-1)34-24-21-31(22-25-34)28-43-29-32-23-26-38-39(27-32)42(30-41-38)40(35-15-7-2-8-16-35,36-17-9-3-10-18-36)37-19-11-4-12-20-37/h1-22,24-25,30,32H,23,26-29H2. The summed E-state index contributed by atoms with van der Waals surface area (Å²) >= 11 is 0. The third kappa shape index (κ3) is 5.33. The number of aryl methyl sites for hydroxylation is 1. The highest BCUT2D eigenvalue weighted by atomic mass is 16.5. The number of nitrogens with zero attached hydrogens (tertiary/aromatic N) is 2. The van der Waals surface area contributed by atoms with Crippen LogP contribution in [-0.4, -0.2) is 16.2 Å². The molecule has 0 saturated carbocycles. The summed E-state index contributed by atoms with van der Waals surface area (Å²) in [6.45, 7) is 1.36. The summed E-state index contributed by atoms with van der Waals surface area (Å²) in [5.41, 5.74) is 9.34. The lowest BCUT2D eigenvalue weighted by atomic mass is 9.76. The summed E-state index contributed by atoms with van der Waals surface area (Å²) in [7, 11) is 0. The molecule has 6 aromatic rings. The first-order valence-corrected chi connectivity index (χ1v) is 15.3. The Morgan fingerprint density at radius 1 is 0.628 bits per heavy atom. The van der Waals surface area contributed by atoms with E-state index in [1.54, 1.807) is 0 Å². The molecule has 5 aromatic carbocycles. The lowest BCUT2D eigenvalue weighted by molar-refractivity contribution is 0.0813. The van der Waals surface area contributed by atoms with Gasteiger partial charge in [-0.15, -0.1) is 0 Å². The van der Waals surface area contributed by atoms with Gasteiger partial charge in [0, 0.05) is 5.69 Å². The van der Waals surface area contributed by atoms with Gasteiger partial charge in [-0.2, -0.15) is 0 Å². The second-order valence-electron chi connectivity index (χ2n) is 11.5. The van der Waals surface area contributed by atoms with Crippen LogP contribution >= 0.6 is 0 Å². The Morgan fingerprint density at radius 2 is 1.14 bits per heavy atom. The van der Waals surface area contributed by atoms with Gasteiger partial charge in [-0.25, -0.2) is 4.98 Å². The Morgan fingerprint density at radius 3 is 1.70 bits per heavy atom. The van der Waals surface area contributed by atoms with Crippen LogP contribution in [0, 0.1) is 5.92 Å². The minimum atomic E-state index is -0.534. The monoisotopic (exact) mass is 560 g/mol. The van der Waals surface area contributed by atoms with Gasteiger partial charge in [0.2, 0.25) is 0 Å². The molecule has 43 heavy (non-hydrogen) atoms. The SMILES string of the molecule is c1ccc(-c2ccc(COCC3CCc4ncn(C(c5ccccc5)(c5ccccc5)c5ccccc5)c4C3)cc2)cc1. The van der Waals surface area contributed by atoms with Crippen LogP contribution in [0.2, 0.25) is 0 Å². The van der Waals surface area contributed by atoms with Crippen LogP contribution in [-0.2, 0) is 29.7 Å². The van der Waals surface area contributed by atoms with Crippen LogP contribution in [0.1, 0.15) is 40.1 Å². The van der Waals surface area contributed by atoms with Crippen molar-refractivity contribution in [2.75, 3.05) is 6.61 Å². The molecule has 1 aliphatic carbocycles. The molecule has 1 aromatic heterocycles. The van der Waals surface area contributed by atoms with E-state index < -0.39 is 5.54 Å². The van der Waals surface area contributed by atoms with E-state index in [1.165, 1.54) is 44.8 Å². The molecule has 0 saturated heterocycles. The van der Waals surface area contributed by atoms with Gasteiger partial charge in [0.25, 0.3) is 0 Å². The van der Waals surface area contributed by atoms with E-state index in [1.807, 2.05) is 0 Å². The maximum absolute atomic E-state index is 6.35. The smallest absolute Gasteiger partial charge is 0.121 e. The van der Waals surface area contributed by atoms with Crippen molar-refractivity contribution in [3.05, 3.63) is 186 Å². The molecule has 0 amide bonds. The highest BCUT2D eigenvalue weighted by Gasteiger charge is 2.41. The van der Waals surface area contributed by atoms with Crippen molar-refractivity contribution < 1.29 is 4.74 Å². The molecule has 0 aliphatic heterocycles. The molecule has 212 valence electrons. The number of ether oxygens (including phenoxy) is 1. The third-order valence-corrected chi connectivity index (χ3v) is 8.84. The molecule has 1 unspecified atom stereocenters. The minimum absolute atomic E-state index is 0.437. The predicted octanol–water partition coefficient (Wildman–Crippen LogP) is 8.71. The van der Waals surface area contributed by atoms with Crippen LogP contribution in [0.5, 0.6) is 0 Å². The van der Waals surface area contributed by atoms with Crippen molar-refractivity contribution in [2.45, 2.75) is 31.4 Å². The summed E-state index contributed by atoms with van der Waals surface area (Å²) in [5.74, 6) is 0.437. The van der Waals surface area contributed by atoms with E-state index in [0.717, 1.165) is 25.9 Å². The normalized spacial score (nSPS) is 14.7. The Bertz CT molecular complexity index is 1650. The number of fused-ring (bicyclic) bond motifs is 1. The van der Waals surface area contributed by atoms with Gasteiger partial charge in [-0.3, -0.25) is 0 Å². The van der Waals surface area contributed by atoms with E-state index in [2.05, 4.69) is 156 Å². The van der Waals surface area contributed by atoms with Crippen LogP contribution < -0.4 is 0 Å². The van der Waals surface area contributed by atoms with Crippen molar-refractivity contribution in [1.29, 1.82) is 0 Å². The number of rotatable bonds is 9. The van der Waals surface area contributed by atoms with Crippen LogP contribution in [0.25, 0.3) is 11.1 Å². The van der Waals surface area contributed by atoms with E-state index in [0.29, 0.717) is 12.5 Å². The Balaban J connectivity index is 1.17. The predicted molar refractivity (Wildman–Crippen MR) is 174 cm³/mol. The van der Waals surface area contributed by atoms with Crippen molar-refractivity contribution in [1.82, 2.24) is 9.55 Å². The fraction of sp³-hybridized carbons (Fsp3) is 0.175. The highest BCUT2D eigenvalue weighted by molar-refractivity contribution is 5.63. The van der Waals surface area contributed by atoms with Gasteiger partial charge in [0.05, 0.1) is 25.2 Å². The quantitative estimate of drug-likeness (QED) is 0.165. The van der Waals surface area contributed by atoms with Crippen molar-refractivity contribution in [3.63, 3.8) is 0 Å². The second kappa shape index (κ2) is 12.2. The van der Waals surface area contributed by atoms with E-state index in [9.17, 15) is 0 Å². The van der Waals surface area contributed by atoms with E-state index in [4.69, 9.17) is 9.72 Å². The molecular weight excluding hydrogens is 524 g/mol. The van der Waals surface area contributed by atoms with Crippen molar-refractivity contribution in [2.24, 2.45) is 5.92 Å². The molecule has 0 N–H and O–H groups in total. The molecule has 3 heteroatoms. The number of aromatic nitrogens is 2. The van der Waals surface area contributed by atoms with Gasteiger partial charge in [0.15, 0.2) is 0 Å². The first-order valence-electron chi connectivity index (χ1n) is 15.3. The first kappa shape index (κ1) is 27.1. The molecule has 0 fully saturated rings. The van der Waals surface area contributed by atoms with Gasteiger partial charge >= 0.3 is 0 Å². The lowest BCUT2D eigenvalue weighted by Gasteiger charge is -2.39. The second-order valence-corrected chi connectivity index (χ2v) is 11.5. The molecule has 1 heterocycles. The van der Waals surface area contributed by atoms with Crippen molar-refractivity contribution >= 4 is 0 Å². The average Bonchev–Trinajstić information content (AvgIpc) is 3.51. The van der Waals surface area contributed by atoms with Gasteiger partial charge in [-0.1, -0.05) is 146 Å². The molecule has 1 aliphatic rings. The van der Waals surface area contributed by atoms with E-state index in [-0.39, 0.29) is 0 Å². The summed E-state index contributed by atoms with van der Waals surface area (Å²) in [4.78, 5) is 5.02. The van der Waals surface area contributed by atoms with Crippen molar-refractivity contribution in [3.8, 4) is 11.1 Å². The molecular formula is C40H36N2O. The van der Waals surface area contributed by atoms with Crippen LogP contribution in [0.15, 0.2) is 152 Å². The van der Waals surface area contributed by atoms with Gasteiger partial charge in [-0.05, 0) is 58.6 Å². The maximum Gasteiger partial charge on any atom is 0.121 e. The molecule has 1 atom stereocenters. The summed E-state index contributed by atoms with van der Waals surface area (Å²) in [6.07, 6.45) is 5.08. The van der Waals surface area contributed by atoms with Gasteiger partial charge in [0.1, 0.15) is 5.54 Å². The lowest BCUT2D eigenvalue weighted by Crippen LogP contribution is -2.39. The molecule has 3 nitrogen and oxygen atoms in total. The van der Waals surface area contributed by atoms with Gasteiger partial charge < -0.3 is 9.30 Å². The summed E-state index contributed by atoms with van der Waals surface area (Å²) in [6, 6.07) is 51.9. The third-order valence-electron chi connectivity index (χ3n) is 8.84. The first-order chi connectivity index (χ1) is 21.3. The molecule has 0 spiro atoms. The number of hydrogen-bond donors (Lipinski definition) is 0. The summed E-state index contributed by atoms with van der Waals surface area (Å²) in [5, 5.41) is 0. The topological polar surface area (TPSA) is 27.1 Å². The zero-order valence-corrected chi connectivity index (χ0v) is 24.3. The number of benzene rings is 5. The molecule has 7 rings (SSSR count). The van der Waals surface area contributed by atoms with Crippen LogP contribution in [0.4, 0.5) is 0 Å². The Hall–Kier alpha value is -4.73. The summed E-state index contributed by atoms with van der Waals surface area (Å²) < 4.78 is 8.80. The maximum atomic E-state index is 6.35. The zero-order chi connectivity index (χ0) is 28.9. The zero-order valence-electron chi connectivity index (χ0n) is 24.3. The average molecular weight is 561 g/mol. The fourth-order valence-corrected chi connectivity index (χ4v) is 6.71.